The number of ether oxygens (including phenoxy) is 1. The van der Waals surface area contributed by atoms with Gasteiger partial charge in [-0.2, -0.15) is 0 Å². The molecule has 0 bridgehead atoms. The normalized spacial score (nSPS) is 26.2. The third-order valence-corrected chi connectivity index (χ3v) is 8.02. The van der Waals surface area contributed by atoms with Crippen molar-refractivity contribution in [3.8, 4) is 0 Å². The lowest BCUT2D eigenvalue weighted by molar-refractivity contribution is -0.118. The fourth-order valence-corrected chi connectivity index (χ4v) is 5.38. The number of ketones is 1. The first-order chi connectivity index (χ1) is 14.5. The SMILES string of the molecule is CC1=C2CCC(C)(CCCC(C)CCCC(C)CCCC(C)C)OC2=C(C)C(C)C1=O. The lowest BCUT2D eigenvalue weighted by atomic mass is 9.77. The van der Waals surface area contributed by atoms with Crippen LogP contribution >= 0.6 is 0 Å². The van der Waals surface area contributed by atoms with Crippen molar-refractivity contribution in [3.05, 3.63) is 22.5 Å². The van der Waals surface area contributed by atoms with Crippen LogP contribution in [0.4, 0.5) is 0 Å². The van der Waals surface area contributed by atoms with E-state index in [4.69, 9.17) is 4.74 Å². The van der Waals surface area contributed by atoms with E-state index in [1.807, 2.05) is 13.8 Å². The molecule has 1 saturated heterocycles. The van der Waals surface area contributed by atoms with Gasteiger partial charge in [-0.3, -0.25) is 4.79 Å². The lowest BCUT2D eigenvalue weighted by Gasteiger charge is -2.41. The molecular formula is C29H50O2. The Bertz CT molecular complexity index is 668. The molecule has 4 unspecified atom stereocenters. The van der Waals surface area contributed by atoms with Crippen LogP contribution in [0.2, 0.25) is 0 Å². The van der Waals surface area contributed by atoms with Gasteiger partial charge in [0.1, 0.15) is 11.4 Å². The first-order valence-corrected chi connectivity index (χ1v) is 13.2. The van der Waals surface area contributed by atoms with Gasteiger partial charge < -0.3 is 4.74 Å². The summed E-state index contributed by atoms with van der Waals surface area (Å²) in [5.74, 6) is 3.82. The van der Waals surface area contributed by atoms with E-state index in [1.165, 1.54) is 56.9 Å². The van der Waals surface area contributed by atoms with Crippen molar-refractivity contribution in [2.75, 3.05) is 0 Å². The molecule has 178 valence electrons. The van der Waals surface area contributed by atoms with E-state index in [0.717, 1.165) is 53.9 Å². The number of fused-ring (bicyclic) bond motifs is 1. The zero-order chi connectivity index (χ0) is 23.2. The summed E-state index contributed by atoms with van der Waals surface area (Å²) in [6, 6.07) is 0. The van der Waals surface area contributed by atoms with Crippen LogP contribution in [0, 0.1) is 23.7 Å². The number of carbonyl (C=O) groups excluding carboxylic acids is 1. The monoisotopic (exact) mass is 430 g/mol. The molecule has 0 aromatic heterocycles. The molecule has 0 spiro atoms. The molecule has 1 heterocycles. The third kappa shape index (κ3) is 7.50. The highest BCUT2D eigenvalue weighted by Crippen LogP contribution is 2.44. The van der Waals surface area contributed by atoms with Crippen molar-refractivity contribution >= 4 is 5.78 Å². The van der Waals surface area contributed by atoms with E-state index in [9.17, 15) is 4.79 Å². The van der Waals surface area contributed by atoms with Crippen molar-refractivity contribution in [1.82, 2.24) is 0 Å². The minimum absolute atomic E-state index is 0.0334. The van der Waals surface area contributed by atoms with E-state index in [-0.39, 0.29) is 17.3 Å². The van der Waals surface area contributed by atoms with E-state index in [2.05, 4.69) is 41.5 Å². The van der Waals surface area contributed by atoms with Crippen LogP contribution in [0.3, 0.4) is 0 Å². The molecule has 0 amide bonds. The molecule has 31 heavy (non-hydrogen) atoms. The van der Waals surface area contributed by atoms with Gasteiger partial charge in [-0.15, -0.1) is 0 Å². The van der Waals surface area contributed by atoms with Crippen LogP contribution in [-0.4, -0.2) is 11.4 Å². The van der Waals surface area contributed by atoms with Crippen molar-refractivity contribution in [3.63, 3.8) is 0 Å². The minimum atomic E-state index is -0.0782. The molecular weight excluding hydrogens is 380 g/mol. The number of carbonyl (C=O) groups is 1. The first kappa shape index (κ1) is 26.2. The fourth-order valence-electron chi connectivity index (χ4n) is 5.38. The number of allylic oxidation sites excluding steroid dienone is 3. The van der Waals surface area contributed by atoms with Crippen LogP contribution < -0.4 is 0 Å². The maximum Gasteiger partial charge on any atom is 0.165 e. The van der Waals surface area contributed by atoms with Crippen LogP contribution in [0.1, 0.15) is 126 Å². The second-order valence-electron chi connectivity index (χ2n) is 11.6. The van der Waals surface area contributed by atoms with Gasteiger partial charge in [0, 0.05) is 11.5 Å². The summed E-state index contributed by atoms with van der Waals surface area (Å²) in [7, 11) is 0. The van der Waals surface area contributed by atoms with Gasteiger partial charge in [-0.1, -0.05) is 79.6 Å². The average molecular weight is 431 g/mol. The van der Waals surface area contributed by atoms with Gasteiger partial charge in [0.05, 0.1) is 0 Å². The summed E-state index contributed by atoms with van der Waals surface area (Å²) in [4.78, 5) is 12.5. The maximum absolute atomic E-state index is 12.5. The summed E-state index contributed by atoms with van der Waals surface area (Å²) < 4.78 is 6.60. The largest absolute Gasteiger partial charge is 0.487 e. The second-order valence-corrected chi connectivity index (χ2v) is 11.6. The summed E-state index contributed by atoms with van der Waals surface area (Å²) in [6.45, 7) is 17.9. The molecule has 1 aliphatic heterocycles. The Morgan fingerprint density at radius 2 is 1.48 bits per heavy atom. The van der Waals surface area contributed by atoms with Crippen molar-refractivity contribution in [2.45, 2.75) is 132 Å². The predicted octanol–water partition coefficient (Wildman–Crippen LogP) is 8.80. The fraction of sp³-hybridized carbons (Fsp3) is 0.828. The topological polar surface area (TPSA) is 26.3 Å². The molecule has 1 fully saturated rings. The Labute approximate surface area is 193 Å². The molecule has 0 aromatic rings. The van der Waals surface area contributed by atoms with Gasteiger partial charge in [-0.25, -0.2) is 0 Å². The standard InChI is InChI=1S/C29H50O2/c1-20(2)12-9-13-21(3)14-10-15-22(4)16-11-18-29(8)19-17-26-25(7)27(30)23(5)24(6)28(26)31-29/h20-23H,9-19H2,1-8H3. The van der Waals surface area contributed by atoms with Crippen molar-refractivity contribution in [1.29, 1.82) is 0 Å². The van der Waals surface area contributed by atoms with Gasteiger partial charge >= 0.3 is 0 Å². The Morgan fingerprint density at radius 1 is 0.935 bits per heavy atom. The van der Waals surface area contributed by atoms with Crippen LogP contribution in [0.5, 0.6) is 0 Å². The van der Waals surface area contributed by atoms with Crippen molar-refractivity contribution in [2.24, 2.45) is 23.7 Å². The zero-order valence-electron chi connectivity index (χ0n) is 21.9. The van der Waals surface area contributed by atoms with E-state index >= 15 is 0 Å². The molecule has 4 atom stereocenters. The molecule has 2 nitrogen and oxygen atoms in total. The van der Waals surface area contributed by atoms with E-state index in [1.54, 1.807) is 0 Å². The molecule has 1 aliphatic carbocycles. The molecule has 2 rings (SSSR count). The van der Waals surface area contributed by atoms with Gasteiger partial charge in [0.2, 0.25) is 0 Å². The number of hydrogen-bond donors (Lipinski definition) is 0. The average Bonchev–Trinajstić information content (AvgIpc) is 2.70. The second kappa shape index (κ2) is 11.7. The zero-order valence-corrected chi connectivity index (χ0v) is 21.9. The smallest absolute Gasteiger partial charge is 0.165 e. The summed E-state index contributed by atoms with van der Waals surface area (Å²) in [5.41, 5.74) is 3.16. The molecule has 0 radical (unpaired) electrons. The lowest BCUT2D eigenvalue weighted by Crippen LogP contribution is -2.36. The van der Waals surface area contributed by atoms with Crippen molar-refractivity contribution < 1.29 is 9.53 Å². The Balaban J connectivity index is 1.72. The third-order valence-electron chi connectivity index (χ3n) is 8.02. The predicted molar refractivity (Wildman–Crippen MR) is 133 cm³/mol. The molecule has 0 aromatic carbocycles. The first-order valence-electron chi connectivity index (χ1n) is 13.2. The Morgan fingerprint density at radius 3 is 2.06 bits per heavy atom. The highest BCUT2D eigenvalue weighted by atomic mass is 16.5. The van der Waals surface area contributed by atoms with Crippen LogP contribution in [0.15, 0.2) is 22.5 Å². The summed E-state index contributed by atoms with van der Waals surface area (Å²) >= 11 is 0. The summed E-state index contributed by atoms with van der Waals surface area (Å²) in [5, 5.41) is 0. The van der Waals surface area contributed by atoms with E-state index < -0.39 is 0 Å². The summed E-state index contributed by atoms with van der Waals surface area (Å²) in [6.07, 6.45) is 14.0. The minimum Gasteiger partial charge on any atom is -0.487 e. The van der Waals surface area contributed by atoms with Gasteiger partial charge in [0.25, 0.3) is 0 Å². The molecule has 0 N–H and O–H groups in total. The van der Waals surface area contributed by atoms with Crippen LogP contribution in [0.25, 0.3) is 0 Å². The Hall–Kier alpha value is -1.05. The number of hydrogen-bond acceptors (Lipinski definition) is 2. The molecule has 2 aliphatic rings. The maximum atomic E-state index is 12.5. The molecule has 0 saturated carbocycles. The van der Waals surface area contributed by atoms with Gasteiger partial charge in [-0.05, 0) is 75.4 Å². The van der Waals surface area contributed by atoms with Gasteiger partial charge in [0.15, 0.2) is 5.78 Å². The van der Waals surface area contributed by atoms with Crippen LogP contribution in [-0.2, 0) is 9.53 Å². The number of rotatable bonds is 12. The number of Topliss-reactive ketones (excluding diaryl/α,β-unsaturated/α-hetero) is 1. The quantitative estimate of drug-likeness (QED) is 0.309. The highest BCUT2D eigenvalue weighted by Gasteiger charge is 2.39. The Kier molecular flexibility index (Phi) is 9.90. The van der Waals surface area contributed by atoms with E-state index in [0.29, 0.717) is 0 Å². The molecule has 2 heteroatoms. The highest BCUT2D eigenvalue weighted by molar-refractivity contribution is 6.01.